The Morgan fingerprint density at radius 1 is 1.18 bits per heavy atom. The third-order valence-electron chi connectivity index (χ3n) is 8.30. The van der Waals surface area contributed by atoms with E-state index in [0.29, 0.717) is 37.4 Å². The van der Waals surface area contributed by atoms with Gasteiger partial charge in [-0.1, -0.05) is 18.2 Å². The van der Waals surface area contributed by atoms with E-state index in [1.165, 1.54) is 12.3 Å². The number of aliphatic imine (C=N–C) groups is 1. The van der Waals surface area contributed by atoms with E-state index in [-0.39, 0.29) is 35.2 Å². The molecule has 0 saturated carbocycles. The number of nitrogens with one attached hydrogen (secondary N) is 1. The van der Waals surface area contributed by atoms with Crippen molar-refractivity contribution in [3.63, 3.8) is 0 Å². The number of likely N-dealkylation sites (tertiary alicyclic amines) is 1. The molecule has 0 aromatic heterocycles. The molecule has 9 nitrogen and oxygen atoms in total. The number of carbonyl (C=O) groups excluding carboxylic acids is 3. The standard InChI is InChI=1S/C29H30FN5O4/c30-22-3-1-2-4-23(22)32-12-9-18(31)15-34-13-10-29(11-14-34)17-39-26-20-16-35(24-7-8-25(36)33-27(24)37)28(38)19(20)5-6-21(26)29/h1-6,9,12,24H,7-8,10-11,13-17,31H2,(H,33,36,37). The van der Waals surface area contributed by atoms with E-state index >= 15 is 0 Å². The molecule has 4 aliphatic heterocycles. The van der Waals surface area contributed by atoms with Crippen molar-refractivity contribution in [1.29, 1.82) is 0 Å². The molecule has 2 fully saturated rings. The molecule has 2 aromatic rings. The molecule has 1 unspecified atom stereocenters. The molecular formula is C29H30FN5O4. The van der Waals surface area contributed by atoms with Crippen LogP contribution >= 0.6 is 0 Å². The molecular weight excluding hydrogens is 501 g/mol. The average Bonchev–Trinajstić information content (AvgIpc) is 3.44. The van der Waals surface area contributed by atoms with E-state index in [1.807, 2.05) is 12.1 Å². The molecule has 2 saturated heterocycles. The van der Waals surface area contributed by atoms with Gasteiger partial charge in [-0.05, 0) is 56.6 Å². The number of ether oxygens (including phenoxy) is 1. The van der Waals surface area contributed by atoms with Crippen molar-refractivity contribution in [3.05, 3.63) is 70.7 Å². The van der Waals surface area contributed by atoms with Crippen LogP contribution in [-0.4, -0.2) is 66.0 Å². The summed E-state index contributed by atoms with van der Waals surface area (Å²) in [7, 11) is 0. The van der Waals surface area contributed by atoms with Crippen molar-refractivity contribution in [3.8, 4) is 5.75 Å². The van der Waals surface area contributed by atoms with Crippen LogP contribution in [0.3, 0.4) is 0 Å². The maximum absolute atomic E-state index is 13.7. The Labute approximate surface area is 225 Å². The molecule has 6 rings (SSSR count). The summed E-state index contributed by atoms with van der Waals surface area (Å²) < 4.78 is 20.0. The average molecular weight is 532 g/mol. The number of benzene rings is 2. The van der Waals surface area contributed by atoms with E-state index in [0.717, 1.165) is 42.8 Å². The van der Waals surface area contributed by atoms with Crippen LogP contribution in [-0.2, 0) is 21.5 Å². The maximum atomic E-state index is 13.7. The summed E-state index contributed by atoms with van der Waals surface area (Å²) in [6, 6.07) is 9.56. The number of carbonyl (C=O) groups is 3. The number of nitrogens with two attached hydrogens (primary N) is 1. The zero-order valence-electron chi connectivity index (χ0n) is 21.5. The van der Waals surface area contributed by atoms with Gasteiger partial charge in [-0.3, -0.25) is 29.6 Å². The molecule has 3 amide bonds. The highest BCUT2D eigenvalue weighted by atomic mass is 19.1. The minimum atomic E-state index is -0.646. The van der Waals surface area contributed by atoms with Crippen LogP contribution in [0.15, 0.2) is 53.2 Å². The van der Waals surface area contributed by atoms with Gasteiger partial charge in [0.15, 0.2) is 0 Å². The quantitative estimate of drug-likeness (QED) is 0.453. The number of allylic oxidation sites excluding steroid dienone is 1. The number of imide groups is 1. The lowest BCUT2D eigenvalue weighted by molar-refractivity contribution is -0.136. The van der Waals surface area contributed by atoms with Crippen molar-refractivity contribution in [2.24, 2.45) is 10.7 Å². The molecule has 39 heavy (non-hydrogen) atoms. The Morgan fingerprint density at radius 3 is 2.74 bits per heavy atom. The molecule has 4 aliphatic rings. The Bertz CT molecular complexity index is 1410. The van der Waals surface area contributed by atoms with Crippen LogP contribution in [0.2, 0.25) is 0 Å². The van der Waals surface area contributed by atoms with Gasteiger partial charge >= 0.3 is 0 Å². The highest BCUT2D eigenvalue weighted by molar-refractivity contribution is 6.05. The summed E-state index contributed by atoms with van der Waals surface area (Å²) in [5.74, 6) is -0.512. The summed E-state index contributed by atoms with van der Waals surface area (Å²) >= 11 is 0. The third kappa shape index (κ3) is 4.58. The van der Waals surface area contributed by atoms with E-state index in [4.69, 9.17) is 10.5 Å². The fraction of sp³-hybridized carbons (Fsp3) is 0.379. The smallest absolute Gasteiger partial charge is 0.255 e. The Morgan fingerprint density at radius 2 is 1.97 bits per heavy atom. The van der Waals surface area contributed by atoms with Crippen molar-refractivity contribution < 1.29 is 23.5 Å². The monoisotopic (exact) mass is 531 g/mol. The van der Waals surface area contributed by atoms with E-state index in [1.54, 1.807) is 29.2 Å². The molecule has 2 aromatic carbocycles. The third-order valence-corrected chi connectivity index (χ3v) is 8.30. The number of para-hydroxylation sites is 1. The lowest BCUT2D eigenvalue weighted by atomic mass is 9.74. The van der Waals surface area contributed by atoms with Gasteiger partial charge < -0.3 is 15.4 Å². The van der Waals surface area contributed by atoms with Crippen LogP contribution in [0.5, 0.6) is 5.75 Å². The zero-order chi connectivity index (χ0) is 27.1. The molecule has 1 spiro atoms. The van der Waals surface area contributed by atoms with Crippen LogP contribution in [0.25, 0.3) is 0 Å². The molecule has 4 heterocycles. The fourth-order valence-electron chi connectivity index (χ4n) is 6.12. The topological polar surface area (TPSA) is 117 Å². The first-order chi connectivity index (χ1) is 18.8. The summed E-state index contributed by atoms with van der Waals surface area (Å²) in [6.45, 7) is 3.12. The molecule has 0 radical (unpaired) electrons. The number of amides is 3. The van der Waals surface area contributed by atoms with Gasteiger partial charge in [0.25, 0.3) is 5.91 Å². The lowest BCUT2D eigenvalue weighted by Gasteiger charge is -2.38. The highest BCUT2D eigenvalue weighted by Crippen LogP contribution is 2.49. The number of piperidine rings is 2. The highest BCUT2D eigenvalue weighted by Gasteiger charge is 2.47. The van der Waals surface area contributed by atoms with Gasteiger partial charge in [-0.15, -0.1) is 0 Å². The maximum Gasteiger partial charge on any atom is 0.255 e. The predicted molar refractivity (Wildman–Crippen MR) is 142 cm³/mol. The first-order valence-electron chi connectivity index (χ1n) is 13.2. The number of nitrogens with zero attached hydrogens (tertiary/aromatic N) is 3. The second-order valence-corrected chi connectivity index (χ2v) is 10.7. The van der Waals surface area contributed by atoms with Crippen molar-refractivity contribution in [2.75, 3.05) is 26.2 Å². The molecule has 202 valence electrons. The second kappa shape index (κ2) is 9.92. The molecule has 3 N–H and O–H groups in total. The zero-order valence-corrected chi connectivity index (χ0v) is 21.5. The fourth-order valence-corrected chi connectivity index (χ4v) is 6.12. The minimum absolute atomic E-state index is 0.128. The minimum Gasteiger partial charge on any atom is -0.492 e. The van der Waals surface area contributed by atoms with Crippen molar-refractivity contribution in [2.45, 2.75) is 43.7 Å². The first kappa shape index (κ1) is 25.2. The summed E-state index contributed by atoms with van der Waals surface area (Å²) in [6.07, 6.45) is 5.57. The second-order valence-electron chi connectivity index (χ2n) is 10.7. The van der Waals surface area contributed by atoms with Crippen LogP contribution in [0.4, 0.5) is 10.1 Å². The first-order valence-corrected chi connectivity index (χ1v) is 13.2. The lowest BCUT2D eigenvalue weighted by Crippen LogP contribution is -2.52. The van der Waals surface area contributed by atoms with Gasteiger partial charge in [0.05, 0.1) is 18.8 Å². The molecule has 0 bridgehead atoms. The molecule has 0 aliphatic carbocycles. The van der Waals surface area contributed by atoms with E-state index < -0.39 is 11.9 Å². The molecule has 1 atom stereocenters. The largest absolute Gasteiger partial charge is 0.492 e. The number of fused-ring (bicyclic) bond motifs is 4. The van der Waals surface area contributed by atoms with E-state index in [2.05, 4.69) is 15.2 Å². The van der Waals surface area contributed by atoms with Crippen LogP contribution in [0, 0.1) is 5.82 Å². The summed E-state index contributed by atoms with van der Waals surface area (Å²) in [5, 5.41) is 2.35. The van der Waals surface area contributed by atoms with Crippen LogP contribution < -0.4 is 15.8 Å². The Hall–Kier alpha value is -4.05. The predicted octanol–water partition coefficient (Wildman–Crippen LogP) is 2.56. The normalized spacial score (nSPS) is 22.8. The van der Waals surface area contributed by atoms with Gasteiger partial charge in [0.1, 0.15) is 17.6 Å². The number of hydrogen-bond acceptors (Lipinski definition) is 7. The van der Waals surface area contributed by atoms with Gasteiger partial charge in [-0.2, -0.15) is 0 Å². The Balaban J connectivity index is 1.11. The van der Waals surface area contributed by atoms with Gasteiger partial charge in [0, 0.05) is 47.0 Å². The van der Waals surface area contributed by atoms with Gasteiger partial charge in [-0.25, -0.2) is 4.39 Å². The SMILES string of the molecule is NC(=CC=Nc1ccccc1F)CN1CCC2(CC1)COc1c2ccc2c1CN(C1CCC(=O)NC1=O)C2=O. The van der Waals surface area contributed by atoms with Crippen molar-refractivity contribution >= 4 is 29.6 Å². The number of halogens is 1. The van der Waals surface area contributed by atoms with Crippen LogP contribution in [0.1, 0.15) is 47.2 Å². The Kier molecular flexibility index (Phi) is 6.42. The molecule has 10 heteroatoms. The number of rotatable bonds is 5. The summed E-state index contributed by atoms with van der Waals surface area (Å²) in [5.41, 5.74) is 9.55. The van der Waals surface area contributed by atoms with E-state index in [9.17, 15) is 18.8 Å². The summed E-state index contributed by atoms with van der Waals surface area (Å²) in [4.78, 5) is 45.1. The van der Waals surface area contributed by atoms with Crippen molar-refractivity contribution in [1.82, 2.24) is 15.1 Å². The van der Waals surface area contributed by atoms with Gasteiger partial charge in [0.2, 0.25) is 11.8 Å². The number of hydrogen-bond donors (Lipinski definition) is 2.